The number of hydrogen-bond acceptors (Lipinski definition) is 7. The topological polar surface area (TPSA) is 108 Å². The van der Waals surface area contributed by atoms with Crippen LogP contribution in [-0.2, 0) is 33.3 Å². The Morgan fingerprint density at radius 3 is 0.934 bits per heavy atom. The summed E-state index contributed by atoms with van der Waals surface area (Å²) in [5, 5.41) is 9.76. The summed E-state index contributed by atoms with van der Waals surface area (Å²) >= 11 is 0. The number of allylic oxidation sites excluding steroid dienone is 20. The molecule has 0 spiro atoms. The molecule has 0 aliphatic rings. The Kier molecular flexibility index (Phi) is 68.1. The fraction of sp³-hybridized carbons (Fsp3) is 0.720. The van der Waals surface area contributed by atoms with Crippen LogP contribution in [0.1, 0.15) is 322 Å². The molecule has 0 fully saturated rings. The minimum atomic E-state index is -1.53. The number of quaternary nitrogens is 1. The molecule has 0 saturated carbocycles. The third-order valence-corrected chi connectivity index (χ3v) is 16.2. The minimum Gasteiger partial charge on any atom is -0.477 e. The second kappa shape index (κ2) is 71.5. The van der Waals surface area contributed by atoms with Crippen molar-refractivity contribution >= 4 is 17.9 Å². The van der Waals surface area contributed by atoms with Crippen LogP contribution in [0.5, 0.6) is 0 Å². The van der Waals surface area contributed by atoms with Crippen LogP contribution in [0.25, 0.3) is 0 Å². The third kappa shape index (κ3) is 73.0. The highest BCUT2D eigenvalue weighted by molar-refractivity contribution is 5.71. The van der Waals surface area contributed by atoms with E-state index in [0.29, 0.717) is 23.9 Å². The van der Waals surface area contributed by atoms with Crippen molar-refractivity contribution in [3.63, 3.8) is 0 Å². The van der Waals surface area contributed by atoms with Crippen molar-refractivity contribution in [1.29, 1.82) is 0 Å². The third-order valence-electron chi connectivity index (χ3n) is 16.2. The molecule has 0 aliphatic heterocycles. The van der Waals surface area contributed by atoms with Gasteiger partial charge in [-0.1, -0.05) is 341 Å². The predicted molar refractivity (Wildman–Crippen MR) is 391 cm³/mol. The Balaban J connectivity index is 4.16. The van der Waals surface area contributed by atoms with Crippen LogP contribution < -0.4 is 0 Å². The number of hydrogen-bond donors (Lipinski definition) is 1. The maximum atomic E-state index is 13.0. The quantitative estimate of drug-likeness (QED) is 0.0211. The Hall–Kier alpha value is -4.31. The zero-order valence-corrected chi connectivity index (χ0v) is 59.7. The molecule has 9 nitrogen and oxygen atoms in total. The summed E-state index contributed by atoms with van der Waals surface area (Å²) in [5.41, 5.74) is 0. The van der Waals surface area contributed by atoms with E-state index in [1.54, 1.807) is 0 Å². The van der Waals surface area contributed by atoms with Gasteiger partial charge in [-0.15, -0.1) is 0 Å². The lowest BCUT2D eigenvalue weighted by Crippen LogP contribution is -2.40. The van der Waals surface area contributed by atoms with E-state index in [1.165, 1.54) is 180 Å². The first-order chi connectivity index (χ1) is 44.6. The van der Waals surface area contributed by atoms with Gasteiger partial charge in [0.15, 0.2) is 6.10 Å². The smallest absolute Gasteiger partial charge is 0.361 e. The van der Waals surface area contributed by atoms with E-state index in [-0.39, 0.29) is 32.2 Å². The summed E-state index contributed by atoms with van der Waals surface area (Å²) in [6, 6.07) is 0. The average Bonchev–Trinajstić information content (AvgIpc) is 3.46. The maximum absolute atomic E-state index is 13.0. The summed E-state index contributed by atoms with van der Waals surface area (Å²) in [4.78, 5) is 37.7. The SMILES string of the molecule is CC/C=C\C/C=C\C/C=C\C/C=C\C/C=C\C/C=C\C/C=C\C/C=C\C/C=C\C/C=C\CCCCCCC(=O)OC(COC(=O)CCCCCCCCCCCCCCCCCCCCCCCCCCCCCCCCC)COC(OCC[N+](C)(C)C)C(=O)O. The van der Waals surface area contributed by atoms with E-state index < -0.39 is 24.3 Å². The van der Waals surface area contributed by atoms with Crippen molar-refractivity contribution in [3.05, 3.63) is 122 Å². The number of carbonyl (C=O) groups excluding carboxylic acids is 2. The molecule has 0 saturated heterocycles. The molecule has 2 unspecified atom stereocenters. The minimum absolute atomic E-state index is 0.178. The second-order valence-corrected chi connectivity index (χ2v) is 26.2. The fourth-order valence-electron chi connectivity index (χ4n) is 10.5. The summed E-state index contributed by atoms with van der Waals surface area (Å²) in [5.74, 6) is -2.04. The van der Waals surface area contributed by atoms with Gasteiger partial charge in [-0.3, -0.25) is 9.59 Å². The van der Waals surface area contributed by atoms with Gasteiger partial charge in [0.1, 0.15) is 13.2 Å². The van der Waals surface area contributed by atoms with Crippen LogP contribution in [0, 0.1) is 0 Å². The Bertz CT molecular complexity index is 1910. The molecule has 0 aromatic rings. The summed E-state index contributed by atoms with van der Waals surface area (Å²) < 4.78 is 23.0. The molecule has 2 atom stereocenters. The zero-order chi connectivity index (χ0) is 66.1. The number of carboxylic acid groups (broad SMARTS) is 1. The van der Waals surface area contributed by atoms with Crippen LogP contribution in [0.2, 0.25) is 0 Å². The summed E-state index contributed by atoms with van der Waals surface area (Å²) in [6.07, 6.45) is 99.1. The number of nitrogens with zero attached hydrogens (tertiary/aromatic N) is 1. The molecular formula is C82H142NO8+. The van der Waals surface area contributed by atoms with Crippen LogP contribution >= 0.6 is 0 Å². The van der Waals surface area contributed by atoms with Crippen molar-refractivity contribution in [2.75, 3.05) is 47.5 Å². The van der Waals surface area contributed by atoms with Crippen molar-refractivity contribution in [3.8, 4) is 0 Å². The van der Waals surface area contributed by atoms with Crippen LogP contribution in [0.3, 0.4) is 0 Å². The number of ether oxygens (including phenoxy) is 4. The van der Waals surface area contributed by atoms with Crippen molar-refractivity contribution in [1.82, 2.24) is 0 Å². The van der Waals surface area contributed by atoms with Crippen molar-refractivity contribution in [2.45, 2.75) is 334 Å². The van der Waals surface area contributed by atoms with Gasteiger partial charge in [-0.25, -0.2) is 4.79 Å². The number of carboxylic acids is 1. The molecule has 1 N–H and O–H groups in total. The van der Waals surface area contributed by atoms with E-state index in [9.17, 15) is 19.5 Å². The highest BCUT2D eigenvalue weighted by Crippen LogP contribution is 2.18. The number of unbranched alkanes of at least 4 members (excludes halogenated alkanes) is 34. The lowest BCUT2D eigenvalue weighted by Gasteiger charge is -2.25. The van der Waals surface area contributed by atoms with Gasteiger partial charge < -0.3 is 28.5 Å². The number of esters is 2. The summed E-state index contributed by atoms with van der Waals surface area (Å²) in [7, 11) is 5.97. The predicted octanol–water partition coefficient (Wildman–Crippen LogP) is 23.9. The van der Waals surface area contributed by atoms with Crippen LogP contribution in [0.15, 0.2) is 122 Å². The first-order valence-corrected chi connectivity index (χ1v) is 37.7. The van der Waals surface area contributed by atoms with Crippen LogP contribution in [0.4, 0.5) is 0 Å². The van der Waals surface area contributed by atoms with E-state index in [4.69, 9.17) is 18.9 Å². The summed E-state index contributed by atoms with van der Waals surface area (Å²) in [6.45, 7) is 4.76. The number of carbonyl (C=O) groups is 3. The van der Waals surface area contributed by atoms with E-state index in [0.717, 1.165) is 109 Å². The zero-order valence-electron chi connectivity index (χ0n) is 59.7. The lowest BCUT2D eigenvalue weighted by molar-refractivity contribution is -0.870. The number of rotatable bonds is 69. The molecule has 0 aliphatic carbocycles. The normalized spacial score (nSPS) is 13.4. The fourth-order valence-corrected chi connectivity index (χ4v) is 10.5. The van der Waals surface area contributed by atoms with Crippen molar-refractivity contribution in [2.24, 2.45) is 0 Å². The Morgan fingerprint density at radius 2 is 0.626 bits per heavy atom. The van der Waals surface area contributed by atoms with Gasteiger partial charge >= 0.3 is 17.9 Å². The van der Waals surface area contributed by atoms with E-state index in [2.05, 4.69) is 135 Å². The molecule has 0 radical (unpaired) electrons. The van der Waals surface area contributed by atoms with Crippen molar-refractivity contribution < 1.29 is 42.9 Å². The molecule has 0 bridgehead atoms. The van der Waals surface area contributed by atoms with Gasteiger partial charge in [-0.2, -0.15) is 0 Å². The maximum Gasteiger partial charge on any atom is 0.361 e. The molecule has 0 amide bonds. The second-order valence-electron chi connectivity index (χ2n) is 26.2. The molecule has 0 aromatic carbocycles. The van der Waals surface area contributed by atoms with Gasteiger partial charge in [-0.05, 0) is 89.9 Å². The van der Waals surface area contributed by atoms with Gasteiger partial charge in [0.25, 0.3) is 6.29 Å². The molecule has 0 aromatic heterocycles. The highest BCUT2D eigenvalue weighted by Gasteiger charge is 2.25. The largest absolute Gasteiger partial charge is 0.477 e. The number of aliphatic carboxylic acids is 1. The number of likely N-dealkylation sites (N-methyl/N-ethyl adjacent to an activating group) is 1. The monoisotopic (exact) mass is 1270 g/mol. The van der Waals surface area contributed by atoms with Gasteiger partial charge in [0.05, 0.1) is 34.4 Å². The molecule has 0 rings (SSSR count). The molecule has 9 heteroatoms. The van der Waals surface area contributed by atoms with E-state index >= 15 is 0 Å². The first kappa shape index (κ1) is 86.7. The molecule has 522 valence electrons. The van der Waals surface area contributed by atoms with Gasteiger partial charge in [0, 0.05) is 12.8 Å². The average molecular weight is 1270 g/mol. The molecule has 91 heavy (non-hydrogen) atoms. The van der Waals surface area contributed by atoms with Crippen LogP contribution in [-0.4, -0.2) is 87.4 Å². The Morgan fingerprint density at radius 1 is 0.341 bits per heavy atom. The first-order valence-electron chi connectivity index (χ1n) is 37.7. The Labute approximate surface area is 561 Å². The highest BCUT2D eigenvalue weighted by atomic mass is 16.7. The van der Waals surface area contributed by atoms with Gasteiger partial charge in [0.2, 0.25) is 0 Å². The lowest BCUT2D eigenvalue weighted by atomic mass is 10.0. The van der Waals surface area contributed by atoms with E-state index in [1.807, 2.05) is 21.1 Å². The molecule has 0 heterocycles. The standard InChI is InChI=1S/C82H141NO8/c1-6-8-10-12-14-16-18-20-22-24-26-28-30-32-34-36-38-39-40-41-43-45-47-49-51-53-55-57-59-61-63-65-67-69-71-73-80(85)91-78(77-90-82(81(86)87)88-75-74-83(3,4)5)76-89-79(84)72-70-68-66-64-62-60-58-56-54-52-50-48-46-44-42-37-35-33-31-29-27-25-23-21-19-17-15-13-11-9-7-2/h8,10,14,16,20,22,26,28,32,34,38-39,41,43,47,49,53,55,59,61,78,82H,6-7,9,11-13,15,17-19,21,23-25,27,29-31,33,35-37,40,42,44-46,48,50-52,54,56-58,60,62-77H2,1-5H3/p+1/b10-8-,16-14-,22-20-,28-26-,34-32-,39-38-,43-41-,49-47-,55-53-,61-59-. The molecular weight excluding hydrogens is 1130 g/mol.